The highest BCUT2D eigenvalue weighted by molar-refractivity contribution is 5.68. The van der Waals surface area contributed by atoms with Gasteiger partial charge in [0.05, 0.1) is 17.0 Å². The fourth-order valence-corrected chi connectivity index (χ4v) is 2.09. The van der Waals surface area contributed by atoms with Crippen LogP contribution in [0.1, 0.15) is 28.4 Å². The van der Waals surface area contributed by atoms with E-state index in [4.69, 9.17) is 4.52 Å². The van der Waals surface area contributed by atoms with Crippen molar-refractivity contribution < 1.29 is 4.52 Å². The van der Waals surface area contributed by atoms with Gasteiger partial charge in [-0.05, 0) is 26.7 Å². The van der Waals surface area contributed by atoms with Gasteiger partial charge in [0, 0.05) is 11.8 Å². The van der Waals surface area contributed by atoms with E-state index in [0.29, 0.717) is 11.5 Å². The average Bonchev–Trinajstić information content (AvgIpc) is 2.90. The third-order valence-electron chi connectivity index (χ3n) is 3.29. The number of aromatic nitrogens is 3. The predicted octanol–water partition coefficient (Wildman–Crippen LogP) is 3.46. The lowest BCUT2D eigenvalue weighted by Gasteiger charge is -1.98. The summed E-state index contributed by atoms with van der Waals surface area (Å²) in [6.07, 6.45) is 1.74. The van der Waals surface area contributed by atoms with Crippen LogP contribution < -0.4 is 0 Å². The second-order valence-electron chi connectivity index (χ2n) is 5.02. The van der Waals surface area contributed by atoms with Crippen molar-refractivity contribution in [2.75, 3.05) is 0 Å². The lowest BCUT2D eigenvalue weighted by molar-refractivity contribution is 0.399. The number of benzene rings is 1. The molecule has 0 saturated heterocycles. The Bertz CT molecular complexity index is 870. The van der Waals surface area contributed by atoms with Gasteiger partial charge >= 0.3 is 0 Å². The minimum atomic E-state index is 0.680. The van der Waals surface area contributed by atoms with Crippen LogP contribution in [-0.2, 0) is 0 Å². The largest absolute Gasteiger partial charge is 0.360 e. The Labute approximate surface area is 129 Å². The molecular weight excluding hydrogens is 274 g/mol. The third-order valence-corrected chi connectivity index (χ3v) is 3.29. The van der Waals surface area contributed by atoms with Gasteiger partial charge in [0.25, 0.3) is 0 Å². The molecule has 108 valence electrons. The molecule has 0 spiro atoms. The Balaban J connectivity index is 2.06. The van der Waals surface area contributed by atoms with Crippen molar-refractivity contribution in [3.63, 3.8) is 0 Å². The Morgan fingerprint density at radius 1 is 1.00 bits per heavy atom. The minimum absolute atomic E-state index is 0.680. The zero-order valence-electron chi connectivity index (χ0n) is 12.7. The number of aryl methyl sites for hydroxylation is 3. The molecule has 4 nitrogen and oxygen atoms in total. The van der Waals surface area contributed by atoms with Gasteiger partial charge in [0.15, 0.2) is 0 Å². The summed E-state index contributed by atoms with van der Waals surface area (Å²) in [4.78, 5) is 8.69. The maximum Gasteiger partial charge on any atom is 0.149 e. The first-order valence-corrected chi connectivity index (χ1v) is 6.99. The summed E-state index contributed by atoms with van der Waals surface area (Å²) in [5, 5.41) is 4.12. The van der Waals surface area contributed by atoms with Gasteiger partial charge in [-0.3, -0.25) is 4.98 Å². The summed E-state index contributed by atoms with van der Waals surface area (Å²) in [5.74, 6) is 6.92. The zero-order valence-corrected chi connectivity index (χ0v) is 12.7. The number of rotatable bonds is 1. The molecule has 0 amide bonds. The predicted molar refractivity (Wildman–Crippen MR) is 84.2 cm³/mol. The van der Waals surface area contributed by atoms with Crippen molar-refractivity contribution in [1.29, 1.82) is 0 Å². The minimum Gasteiger partial charge on any atom is -0.360 e. The third kappa shape index (κ3) is 2.75. The molecule has 22 heavy (non-hydrogen) atoms. The van der Waals surface area contributed by atoms with Gasteiger partial charge < -0.3 is 4.52 Å². The Morgan fingerprint density at radius 2 is 1.77 bits per heavy atom. The normalized spacial score (nSPS) is 10.1. The van der Waals surface area contributed by atoms with Gasteiger partial charge in [-0.1, -0.05) is 41.4 Å². The van der Waals surface area contributed by atoms with Crippen LogP contribution in [-0.4, -0.2) is 15.1 Å². The van der Waals surface area contributed by atoms with E-state index < -0.39 is 0 Å². The monoisotopic (exact) mass is 289 g/mol. The molecule has 0 bridgehead atoms. The molecule has 0 N–H and O–H groups in total. The van der Waals surface area contributed by atoms with Gasteiger partial charge in [-0.25, -0.2) is 4.98 Å². The van der Waals surface area contributed by atoms with E-state index >= 15 is 0 Å². The highest BCUT2D eigenvalue weighted by atomic mass is 16.5. The van der Waals surface area contributed by atoms with E-state index in [1.54, 1.807) is 6.20 Å². The fourth-order valence-electron chi connectivity index (χ4n) is 2.09. The number of nitrogens with zero attached hydrogens (tertiary/aromatic N) is 3. The molecule has 0 radical (unpaired) electrons. The Morgan fingerprint density at radius 3 is 2.55 bits per heavy atom. The SMILES string of the molecule is Cc1cnc(C)c(C#Cc2c(-c3ccccc3)noc2C)n1. The summed E-state index contributed by atoms with van der Waals surface area (Å²) in [6.45, 7) is 5.66. The van der Waals surface area contributed by atoms with Gasteiger partial charge in [0.1, 0.15) is 17.1 Å². The van der Waals surface area contributed by atoms with E-state index in [1.807, 2.05) is 51.1 Å². The van der Waals surface area contributed by atoms with E-state index in [9.17, 15) is 0 Å². The molecular formula is C18H15N3O. The van der Waals surface area contributed by atoms with Gasteiger partial charge in [-0.2, -0.15) is 0 Å². The Hall–Kier alpha value is -2.93. The fraction of sp³-hybridized carbons (Fsp3) is 0.167. The molecule has 0 aliphatic carbocycles. The maximum absolute atomic E-state index is 5.30. The van der Waals surface area contributed by atoms with Crippen LogP contribution in [0.15, 0.2) is 41.1 Å². The first-order chi connectivity index (χ1) is 10.6. The Kier molecular flexibility index (Phi) is 3.71. The van der Waals surface area contributed by atoms with E-state index in [-0.39, 0.29) is 0 Å². The van der Waals surface area contributed by atoms with Crippen LogP contribution in [0.4, 0.5) is 0 Å². The zero-order chi connectivity index (χ0) is 15.5. The first kappa shape index (κ1) is 14.0. The van der Waals surface area contributed by atoms with Crippen molar-refractivity contribution in [2.45, 2.75) is 20.8 Å². The summed E-state index contributed by atoms with van der Waals surface area (Å²) in [5.41, 5.74) is 4.86. The van der Waals surface area contributed by atoms with Crippen molar-refractivity contribution >= 4 is 0 Å². The highest BCUT2D eigenvalue weighted by Gasteiger charge is 2.12. The van der Waals surface area contributed by atoms with Crippen LogP contribution >= 0.6 is 0 Å². The van der Waals surface area contributed by atoms with Gasteiger partial charge in [0.2, 0.25) is 0 Å². The molecule has 0 aliphatic rings. The molecule has 2 aromatic heterocycles. The molecule has 0 unspecified atom stereocenters. The van der Waals surface area contributed by atoms with Crippen LogP contribution in [0.25, 0.3) is 11.3 Å². The van der Waals surface area contributed by atoms with Crippen molar-refractivity contribution in [3.05, 3.63) is 64.9 Å². The maximum atomic E-state index is 5.30. The van der Waals surface area contributed by atoms with E-state index in [1.165, 1.54) is 0 Å². The second kappa shape index (κ2) is 5.82. The summed E-state index contributed by atoms with van der Waals surface area (Å²) in [7, 11) is 0. The number of hydrogen-bond donors (Lipinski definition) is 0. The summed E-state index contributed by atoms with van der Waals surface area (Å²) >= 11 is 0. The van der Waals surface area contributed by atoms with Gasteiger partial charge in [-0.15, -0.1) is 0 Å². The van der Waals surface area contributed by atoms with Crippen molar-refractivity contribution in [3.8, 4) is 23.1 Å². The molecule has 3 aromatic rings. The van der Waals surface area contributed by atoms with Crippen molar-refractivity contribution in [2.24, 2.45) is 0 Å². The van der Waals surface area contributed by atoms with E-state index in [2.05, 4.69) is 27.0 Å². The standard InChI is InChI=1S/C18H15N3O/c1-12-11-19-13(2)17(20-12)10-9-16-14(3)22-21-18(16)15-7-5-4-6-8-15/h4-8,11H,1-3H3. The molecule has 0 fully saturated rings. The topological polar surface area (TPSA) is 51.8 Å². The lowest BCUT2D eigenvalue weighted by atomic mass is 10.1. The smallest absolute Gasteiger partial charge is 0.149 e. The lowest BCUT2D eigenvalue weighted by Crippen LogP contribution is -1.94. The van der Waals surface area contributed by atoms with Crippen molar-refractivity contribution in [1.82, 2.24) is 15.1 Å². The van der Waals surface area contributed by atoms with Crippen LogP contribution in [0.3, 0.4) is 0 Å². The van der Waals surface area contributed by atoms with Crippen LogP contribution in [0, 0.1) is 32.6 Å². The van der Waals surface area contributed by atoms with E-state index in [0.717, 1.165) is 28.2 Å². The van der Waals surface area contributed by atoms with Crippen LogP contribution in [0.5, 0.6) is 0 Å². The molecule has 0 atom stereocenters. The second-order valence-corrected chi connectivity index (χ2v) is 5.02. The summed E-state index contributed by atoms with van der Waals surface area (Å²) < 4.78 is 5.30. The van der Waals surface area contributed by atoms with Crippen LogP contribution in [0.2, 0.25) is 0 Å². The summed E-state index contributed by atoms with van der Waals surface area (Å²) in [6, 6.07) is 9.87. The molecule has 4 heteroatoms. The molecule has 1 aromatic carbocycles. The molecule has 0 aliphatic heterocycles. The average molecular weight is 289 g/mol. The molecule has 0 saturated carbocycles. The highest BCUT2D eigenvalue weighted by Crippen LogP contribution is 2.24. The molecule has 2 heterocycles. The molecule has 3 rings (SSSR count). The first-order valence-electron chi connectivity index (χ1n) is 6.99. The number of hydrogen-bond acceptors (Lipinski definition) is 4. The quantitative estimate of drug-likeness (QED) is 0.644.